The summed E-state index contributed by atoms with van der Waals surface area (Å²) in [7, 11) is 0. The Morgan fingerprint density at radius 2 is 2.27 bits per heavy atom. The molecule has 4 nitrogen and oxygen atoms in total. The first kappa shape index (κ1) is 12.3. The number of alkyl halides is 3. The molecule has 1 aromatic rings. The summed E-state index contributed by atoms with van der Waals surface area (Å²) in [5.41, 5.74) is -0.609. The molecule has 0 N–H and O–H groups in total. The van der Waals surface area contributed by atoms with Crippen LogP contribution in [-0.4, -0.2) is 9.91 Å². The van der Waals surface area contributed by atoms with Gasteiger partial charge >= 0.3 is 12.2 Å². The van der Waals surface area contributed by atoms with E-state index in [1.165, 1.54) is 0 Å². The van der Waals surface area contributed by atoms with Crippen molar-refractivity contribution in [1.82, 2.24) is 4.98 Å². The molecule has 0 radical (unpaired) electrons. The molecule has 1 heterocycles. The summed E-state index contributed by atoms with van der Waals surface area (Å²) < 4.78 is 24.7. The quantitative estimate of drug-likeness (QED) is 0.488. The van der Waals surface area contributed by atoms with E-state index in [1.54, 1.807) is 0 Å². The van der Waals surface area contributed by atoms with E-state index in [2.05, 4.69) is 20.9 Å². The van der Waals surface area contributed by atoms with Gasteiger partial charge in [-0.05, 0) is 16.0 Å². The maximum absolute atomic E-state index is 12.3. The molecule has 0 aliphatic rings. The van der Waals surface area contributed by atoms with Crippen molar-refractivity contribution in [3.8, 4) is 0 Å². The molecule has 0 aromatic carbocycles. The summed E-state index contributed by atoms with van der Waals surface area (Å²) in [4.78, 5) is 12.9. The molecule has 0 saturated carbocycles. The fourth-order valence-corrected chi connectivity index (χ4v) is 1.61. The number of hydrogen-bond donors (Lipinski definition) is 0. The third-order valence-corrected chi connectivity index (χ3v) is 2.49. The number of hydrogen-bond acceptors (Lipinski definition) is 3. The number of halogens is 4. The third-order valence-electron chi connectivity index (χ3n) is 1.58. The van der Waals surface area contributed by atoms with Crippen molar-refractivity contribution >= 4 is 33.3 Å². The number of nitro groups is 1. The van der Waals surface area contributed by atoms with E-state index in [4.69, 9.17) is 11.6 Å². The predicted octanol–water partition coefficient (Wildman–Crippen LogP) is 3.48. The Labute approximate surface area is 96.5 Å². The van der Waals surface area contributed by atoms with Crippen LogP contribution in [0.15, 0.2) is 6.07 Å². The van der Waals surface area contributed by atoms with Crippen LogP contribution in [0.2, 0.25) is 5.02 Å². The average molecular weight is 301 g/mol. The molecule has 0 saturated heterocycles. The fourth-order valence-electron chi connectivity index (χ4n) is 0.940. The van der Waals surface area contributed by atoms with E-state index in [0.29, 0.717) is 0 Å². The van der Waals surface area contributed by atoms with Crippen molar-refractivity contribution in [3.05, 3.63) is 32.5 Å². The van der Waals surface area contributed by atoms with Gasteiger partial charge < -0.3 is 10.1 Å². The highest BCUT2D eigenvalue weighted by Gasteiger charge is 2.26. The molecular formula is C7H4BrClF2N2O2. The topological polar surface area (TPSA) is 56.0 Å². The van der Waals surface area contributed by atoms with E-state index in [9.17, 15) is 18.9 Å². The van der Waals surface area contributed by atoms with Gasteiger partial charge in [-0.15, -0.1) is 0 Å². The van der Waals surface area contributed by atoms with Gasteiger partial charge in [0.25, 0.3) is 0 Å². The number of pyridine rings is 1. The molecule has 15 heavy (non-hydrogen) atoms. The molecule has 0 aliphatic carbocycles. The van der Waals surface area contributed by atoms with Gasteiger partial charge in [0.15, 0.2) is 0 Å². The second-order valence-corrected chi connectivity index (χ2v) is 3.50. The molecule has 0 spiro atoms. The van der Waals surface area contributed by atoms with Crippen LogP contribution >= 0.6 is 27.5 Å². The lowest BCUT2D eigenvalue weighted by Gasteiger charge is -2.02. The van der Waals surface area contributed by atoms with Crippen molar-refractivity contribution in [2.45, 2.75) is 11.8 Å². The second kappa shape index (κ2) is 4.80. The highest BCUT2D eigenvalue weighted by molar-refractivity contribution is 9.08. The highest BCUT2D eigenvalue weighted by Crippen LogP contribution is 2.30. The standard InChI is InChI=1S/C7H4BrClF2N2O2/c8-2-3-1-4(9)5(6(10)11)12-7(3)13(14)15/h1,6H,2H2. The van der Waals surface area contributed by atoms with Gasteiger partial charge in [0.2, 0.25) is 5.69 Å². The van der Waals surface area contributed by atoms with Crippen LogP contribution in [0.5, 0.6) is 0 Å². The van der Waals surface area contributed by atoms with E-state index in [1.807, 2.05) is 0 Å². The molecular weight excluding hydrogens is 297 g/mol. The molecule has 0 bridgehead atoms. The number of aromatic nitrogens is 1. The van der Waals surface area contributed by atoms with Gasteiger partial charge in [-0.1, -0.05) is 27.5 Å². The molecule has 0 unspecified atom stereocenters. The van der Waals surface area contributed by atoms with Crippen LogP contribution in [0.1, 0.15) is 17.7 Å². The zero-order valence-corrected chi connectivity index (χ0v) is 9.43. The van der Waals surface area contributed by atoms with Gasteiger partial charge in [0, 0.05) is 5.33 Å². The summed E-state index contributed by atoms with van der Waals surface area (Å²) in [6.07, 6.45) is -2.93. The Kier molecular flexibility index (Phi) is 3.92. The molecule has 0 atom stereocenters. The first-order valence-electron chi connectivity index (χ1n) is 3.65. The van der Waals surface area contributed by atoms with Crippen molar-refractivity contribution in [1.29, 1.82) is 0 Å². The molecule has 0 aliphatic heterocycles. The van der Waals surface area contributed by atoms with Gasteiger partial charge in [-0.25, -0.2) is 8.78 Å². The average Bonchev–Trinajstić information content (AvgIpc) is 2.16. The van der Waals surface area contributed by atoms with E-state index >= 15 is 0 Å². The molecule has 0 fully saturated rings. The third kappa shape index (κ3) is 2.60. The van der Waals surface area contributed by atoms with Gasteiger partial charge in [-0.2, -0.15) is 0 Å². The number of rotatable bonds is 3. The summed E-state index contributed by atoms with van der Waals surface area (Å²) in [5, 5.41) is 10.4. The maximum Gasteiger partial charge on any atom is 0.368 e. The van der Waals surface area contributed by atoms with Crippen LogP contribution in [0, 0.1) is 10.1 Å². The van der Waals surface area contributed by atoms with Crippen molar-refractivity contribution in [2.24, 2.45) is 0 Å². The first-order valence-corrected chi connectivity index (χ1v) is 5.15. The Hall–Kier alpha value is -0.820. The Balaban J connectivity index is 3.37. The summed E-state index contributed by atoms with van der Waals surface area (Å²) in [5.74, 6) is -0.605. The van der Waals surface area contributed by atoms with Crippen LogP contribution in [0.4, 0.5) is 14.6 Å². The van der Waals surface area contributed by atoms with Crippen molar-refractivity contribution < 1.29 is 13.7 Å². The normalized spacial score (nSPS) is 10.7. The fraction of sp³-hybridized carbons (Fsp3) is 0.286. The first-order chi connectivity index (χ1) is 6.97. The molecule has 1 aromatic heterocycles. The molecule has 1 rings (SSSR count). The summed E-state index contributed by atoms with van der Waals surface area (Å²) in [6, 6.07) is 1.11. The lowest BCUT2D eigenvalue weighted by Crippen LogP contribution is -2.02. The van der Waals surface area contributed by atoms with E-state index < -0.39 is 22.9 Å². The Morgan fingerprint density at radius 3 is 2.67 bits per heavy atom. The Morgan fingerprint density at radius 1 is 1.67 bits per heavy atom. The zero-order valence-electron chi connectivity index (χ0n) is 7.08. The van der Waals surface area contributed by atoms with Crippen LogP contribution in [-0.2, 0) is 5.33 Å². The van der Waals surface area contributed by atoms with E-state index in [-0.39, 0.29) is 15.9 Å². The van der Waals surface area contributed by atoms with Crippen LogP contribution in [0.25, 0.3) is 0 Å². The Bertz CT molecular complexity index is 403. The minimum absolute atomic E-state index is 0.125. The largest absolute Gasteiger partial charge is 0.368 e. The smallest absolute Gasteiger partial charge is 0.358 e. The van der Waals surface area contributed by atoms with Gasteiger partial charge in [0.05, 0.1) is 10.6 Å². The molecule has 0 amide bonds. The lowest BCUT2D eigenvalue weighted by atomic mass is 10.2. The predicted molar refractivity (Wildman–Crippen MR) is 53.5 cm³/mol. The maximum atomic E-state index is 12.3. The van der Waals surface area contributed by atoms with Gasteiger partial charge in [0.1, 0.15) is 0 Å². The summed E-state index contributed by atoms with van der Waals surface area (Å²) >= 11 is 8.48. The second-order valence-electron chi connectivity index (χ2n) is 2.53. The van der Waals surface area contributed by atoms with E-state index in [0.717, 1.165) is 6.07 Å². The zero-order chi connectivity index (χ0) is 11.6. The minimum atomic E-state index is -2.93. The van der Waals surface area contributed by atoms with Crippen LogP contribution in [0.3, 0.4) is 0 Å². The monoisotopic (exact) mass is 300 g/mol. The summed E-state index contributed by atoms with van der Waals surface area (Å²) in [6.45, 7) is 0. The van der Waals surface area contributed by atoms with Crippen LogP contribution < -0.4 is 0 Å². The molecule has 82 valence electrons. The lowest BCUT2D eigenvalue weighted by molar-refractivity contribution is -0.390. The van der Waals surface area contributed by atoms with Crippen molar-refractivity contribution in [2.75, 3.05) is 0 Å². The van der Waals surface area contributed by atoms with Gasteiger partial charge in [-0.3, -0.25) is 0 Å². The SMILES string of the molecule is O=[N+]([O-])c1nc(C(F)F)c(Cl)cc1CBr. The number of nitrogens with zero attached hydrogens (tertiary/aromatic N) is 2. The molecule has 8 heteroatoms. The van der Waals surface area contributed by atoms with Crippen molar-refractivity contribution in [3.63, 3.8) is 0 Å². The minimum Gasteiger partial charge on any atom is -0.358 e. The highest BCUT2D eigenvalue weighted by atomic mass is 79.9.